The van der Waals surface area contributed by atoms with Crippen molar-refractivity contribution >= 4 is 11.6 Å². The maximum absolute atomic E-state index is 10.5. The number of azide groups is 1. The normalized spacial score (nSPS) is 13.3. The zero-order chi connectivity index (χ0) is 14.6. The minimum absolute atomic E-state index is 0.0197. The number of nitrogens with zero attached hydrogens (tertiary/aromatic N) is 3. The fourth-order valence-corrected chi connectivity index (χ4v) is 2.21. The molecule has 0 spiro atoms. The highest BCUT2D eigenvalue weighted by Gasteiger charge is 2.25. The summed E-state index contributed by atoms with van der Waals surface area (Å²) >= 11 is 5.89. The van der Waals surface area contributed by atoms with Crippen molar-refractivity contribution in [3.63, 3.8) is 0 Å². The van der Waals surface area contributed by atoms with Gasteiger partial charge in [0.05, 0.1) is 12.1 Å². The lowest BCUT2D eigenvalue weighted by molar-refractivity contribution is 0.0675. The van der Waals surface area contributed by atoms with Gasteiger partial charge in [-0.05, 0) is 41.3 Å². The lowest BCUT2D eigenvalue weighted by Crippen LogP contribution is -2.25. The first-order valence-electron chi connectivity index (χ1n) is 6.13. The fraction of sp³-hybridized carbons (Fsp3) is 0.200. The van der Waals surface area contributed by atoms with Gasteiger partial charge in [0.2, 0.25) is 0 Å². The van der Waals surface area contributed by atoms with Gasteiger partial charge in [-0.3, -0.25) is 0 Å². The van der Waals surface area contributed by atoms with Crippen LogP contribution in [-0.4, -0.2) is 11.7 Å². The number of hydrogen-bond acceptors (Lipinski definition) is 2. The topological polar surface area (TPSA) is 69.0 Å². The monoisotopic (exact) mass is 287 g/mol. The summed E-state index contributed by atoms with van der Waals surface area (Å²) in [7, 11) is 0. The molecule has 0 fully saturated rings. The van der Waals surface area contributed by atoms with Crippen LogP contribution in [-0.2, 0) is 5.60 Å². The first kappa shape index (κ1) is 14.4. The van der Waals surface area contributed by atoms with Crippen molar-refractivity contribution in [3.05, 3.63) is 69.6 Å². The Morgan fingerprint density at radius 1 is 1.20 bits per heavy atom. The zero-order valence-corrected chi connectivity index (χ0v) is 11.7. The van der Waals surface area contributed by atoms with Crippen molar-refractivity contribution in [2.75, 3.05) is 6.54 Å². The molecule has 4 nitrogen and oxygen atoms in total. The molecule has 2 aromatic carbocycles. The van der Waals surface area contributed by atoms with Crippen LogP contribution in [0.15, 0.2) is 53.6 Å². The van der Waals surface area contributed by atoms with E-state index < -0.39 is 5.60 Å². The second kappa shape index (κ2) is 5.97. The van der Waals surface area contributed by atoms with Gasteiger partial charge < -0.3 is 5.11 Å². The Labute approximate surface area is 122 Å². The van der Waals surface area contributed by atoms with Crippen LogP contribution in [0, 0.1) is 0 Å². The molecular weight excluding hydrogens is 274 g/mol. The Kier molecular flexibility index (Phi) is 4.30. The van der Waals surface area contributed by atoms with Gasteiger partial charge in [0.1, 0.15) is 0 Å². The van der Waals surface area contributed by atoms with Gasteiger partial charge in [0.15, 0.2) is 0 Å². The summed E-state index contributed by atoms with van der Waals surface area (Å²) in [4.78, 5) is 2.71. The molecule has 2 rings (SSSR count). The molecule has 0 saturated carbocycles. The minimum atomic E-state index is -1.22. The van der Waals surface area contributed by atoms with E-state index >= 15 is 0 Å². The molecule has 0 aliphatic carbocycles. The molecule has 0 heterocycles. The van der Waals surface area contributed by atoms with Crippen LogP contribution in [0.3, 0.4) is 0 Å². The summed E-state index contributed by atoms with van der Waals surface area (Å²) in [6.07, 6.45) is 0. The molecule has 0 amide bonds. The van der Waals surface area contributed by atoms with Gasteiger partial charge in [-0.1, -0.05) is 53.1 Å². The van der Waals surface area contributed by atoms with Crippen molar-refractivity contribution in [1.82, 2.24) is 0 Å². The van der Waals surface area contributed by atoms with Crippen molar-refractivity contribution in [3.8, 4) is 11.1 Å². The lowest BCUT2D eigenvalue weighted by atomic mass is 9.88. The molecule has 0 saturated heterocycles. The van der Waals surface area contributed by atoms with Crippen LogP contribution >= 0.6 is 11.6 Å². The highest BCUT2D eigenvalue weighted by Crippen LogP contribution is 2.32. The fourth-order valence-electron chi connectivity index (χ4n) is 2.09. The number of benzene rings is 2. The minimum Gasteiger partial charge on any atom is -0.385 e. The van der Waals surface area contributed by atoms with E-state index in [0.717, 1.165) is 16.7 Å². The van der Waals surface area contributed by atoms with Crippen LogP contribution in [0.25, 0.3) is 21.6 Å². The smallest absolute Gasteiger partial charge is 0.0930 e. The number of aliphatic hydroxyl groups is 1. The number of hydrogen-bond donors (Lipinski definition) is 1. The third kappa shape index (κ3) is 3.11. The van der Waals surface area contributed by atoms with E-state index in [1.807, 2.05) is 36.4 Å². The van der Waals surface area contributed by atoms with E-state index in [0.29, 0.717) is 5.02 Å². The highest BCUT2D eigenvalue weighted by atomic mass is 35.5. The number of halogens is 1. The first-order chi connectivity index (χ1) is 9.54. The maximum Gasteiger partial charge on any atom is 0.0930 e. The number of rotatable bonds is 4. The molecule has 20 heavy (non-hydrogen) atoms. The van der Waals surface area contributed by atoms with Gasteiger partial charge >= 0.3 is 0 Å². The molecule has 1 atom stereocenters. The van der Waals surface area contributed by atoms with Crippen LogP contribution in [0.2, 0.25) is 5.02 Å². The predicted molar refractivity (Wildman–Crippen MR) is 80.5 cm³/mol. The lowest BCUT2D eigenvalue weighted by Gasteiger charge is -2.24. The second-order valence-electron chi connectivity index (χ2n) is 4.72. The van der Waals surface area contributed by atoms with Crippen molar-refractivity contribution in [2.24, 2.45) is 5.11 Å². The molecule has 0 aliphatic heterocycles. The molecule has 1 N–H and O–H groups in total. The van der Waals surface area contributed by atoms with Gasteiger partial charge in [-0.2, -0.15) is 0 Å². The Morgan fingerprint density at radius 2 is 1.85 bits per heavy atom. The van der Waals surface area contributed by atoms with Crippen molar-refractivity contribution < 1.29 is 5.11 Å². The summed E-state index contributed by atoms with van der Waals surface area (Å²) in [6, 6.07) is 14.9. The molecular formula is C15H14ClN3O. The van der Waals surface area contributed by atoms with Gasteiger partial charge in [-0.15, -0.1) is 0 Å². The maximum atomic E-state index is 10.5. The predicted octanol–water partition coefficient (Wildman–Crippen LogP) is 4.52. The molecule has 0 bridgehead atoms. The van der Waals surface area contributed by atoms with Crippen LogP contribution < -0.4 is 0 Å². The second-order valence-corrected chi connectivity index (χ2v) is 5.15. The Balaban J connectivity index is 2.50. The molecule has 0 aromatic heterocycles. The summed E-state index contributed by atoms with van der Waals surface area (Å²) in [5.41, 5.74) is 9.76. The van der Waals surface area contributed by atoms with E-state index in [2.05, 4.69) is 10.0 Å². The third-order valence-corrected chi connectivity index (χ3v) is 3.36. The first-order valence-corrected chi connectivity index (χ1v) is 6.51. The molecule has 0 radical (unpaired) electrons. The molecule has 2 aromatic rings. The summed E-state index contributed by atoms with van der Waals surface area (Å²) in [6.45, 7) is 1.62. The Morgan fingerprint density at radius 3 is 2.50 bits per heavy atom. The Bertz CT molecular complexity index is 646. The Hall–Kier alpha value is -2.00. The SMILES string of the molecule is C[C@@](O)(CN=[N+]=[N-])c1ccccc1-c1ccc(Cl)cc1. The van der Waals surface area contributed by atoms with Crippen molar-refractivity contribution in [2.45, 2.75) is 12.5 Å². The van der Waals surface area contributed by atoms with Crippen LogP contribution in [0.4, 0.5) is 0 Å². The quantitative estimate of drug-likeness (QED) is 0.501. The van der Waals surface area contributed by atoms with Gasteiger partial charge in [0.25, 0.3) is 0 Å². The molecule has 0 unspecified atom stereocenters. The van der Waals surface area contributed by atoms with E-state index in [9.17, 15) is 5.11 Å². The average molecular weight is 288 g/mol. The standard InChI is InChI=1S/C15H14ClN3O/c1-15(20,10-18-19-17)14-5-3-2-4-13(14)11-6-8-12(16)9-7-11/h2-9,20H,10H2,1H3/t15-/m1/s1. The molecule has 102 valence electrons. The van der Waals surface area contributed by atoms with E-state index in [1.54, 1.807) is 19.1 Å². The van der Waals surface area contributed by atoms with Gasteiger partial charge in [0, 0.05) is 9.93 Å². The van der Waals surface area contributed by atoms with Crippen LogP contribution in [0.1, 0.15) is 12.5 Å². The van der Waals surface area contributed by atoms with E-state index in [4.69, 9.17) is 17.1 Å². The molecule has 0 aliphatic rings. The van der Waals surface area contributed by atoms with E-state index in [-0.39, 0.29) is 6.54 Å². The van der Waals surface area contributed by atoms with Gasteiger partial charge in [-0.25, -0.2) is 0 Å². The van der Waals surface area contributed by atoms with Crippen LogP contribution in [0.5, 0.6) is 0 Å². The van der Waals surface area contributed by atoms with Crippen molar-refractivity contribution in [1.29, 1.82) is 0 Å². The third-order valence-electron chi connectivity index (χ3n) is 3.10. The highest BCUT2D eigenvalue weighted by molar-refractivity contribution is 6.30. The summed E-state index contributed by atoms with van der Waals surface area (Å²) in [5.74, 6) is 0. The largest absolute Gasteiger partial charge is 0.385 e. The van der Waals surface area contributed by atoms with E-state index in [1.165, 1.54) is 0 Å². The molecule has 5 heteroatoms. The zero-order valence-electron chi connectivity index (χ0n) is 11.0. The summed E-state index contributed by atoms with van der Waals surface area (Å²) < 4.78 is 0. The summed E-state index contributed by atoms with van der Waals surface area (Å²) in [5, 5.41) is 14.7. The average Bonchev–Trinajstić information content (AvgIpc) is 2.46.